The molecular weight excluding hydrogens is 500 g/mol. The highest BCUT2D eigenvalue weighted by atomic mass is 79.9. The zero-order valence-corrected chi connectivity index (χ0v) is 19.8. The molecule has 3 unspecified atom stereocenters. The van der Waals surface area contributed by atoms with Crippen LogP contribution in [-0.2, 0) is 20.7 Å². The van der Waals surface area contributed by atoms with E-state index in [9.17, 15) is 14.4 Å². The van der Waals surface area contributed by atoms with Gasteiger partial charge in [0, 0.05) is 34.7 Å². The normalized spacial score (nSPS) is 20.4. The van der Waals surface area contributed by atoms with E-state index in [-0.39, 0.29) is 30.0 Å². The second kappa shape index (κ2) is 9.15. The average molecular weight is 523 g/mol. The Balaban J connectivity index is 1.60. The molecule has 8 nitrogen and oxygen atoms in total. The molecule has 2 N–H and O–H groups in total. The van der Waals surface area contributed by atoms with Gasteiger partial charge >= 0.3 is 0 Å². The Morgan fingerprint density at radius 2 is 2.00 bits per heavy atom. The molecule has 2 aromatic carbocycles. The van der Waals surface area contributed by atoms with Crippen LogP contribution in [-0.4, -0.2) is 57.3 Å². The van der Waals surface area contributed by atoms with E-state index in [4.69, 9.17) is 10.5 Å². The van der Waals surface area contributed by atoms with Crippen LogP contribution in [0, 0.1) is 0 Å². The molecule has 0 spiro atoms. The van der Waals surface area contributed by atoms with E-state index in [2.05, 4.69) is 20.9 Å². The van der Waals surface area contributed by atoms with Crippen molar-refractivity contribution in [3.63, 3.8) is 0 Å². The zero-order chi connectivity index (χ0) is 23.8. The fourth-order valence-corrected chi connectivity index (χ4v) is 5.13. The van der Waals surface area contributed by atoms with Crippen molar-refractivity contribution in [2.75, 3.05) is 13.2 Å². The largest absolute Gasteiger partial charge is 0.368 e. The lowest BCUT2D eigenvalue weighted by molar-refractivity contribution is -0.137. The minimum absolute atomic E-state index is 0.0269. The minimum atomic E-state index is -0.709. The number of carbonyl (C=O) groups excluding carboxylic acids is 3. The highest BCUT2D eigenvalue weighted by Crippen LogP contribution is 2.34. The van der Waals surface area contributed by atoms with Crippen molar-refractivity contribution in [3.05, 3.63) is 82.3 Å². The Kier molecular flexibility index (Phi) is 6.05. The summed E-state index contributed by atoms with van der Waals surface area (Å²) < 4.78 is 8.31. The molecule has 0 aliphatic carbocycles. The number of fused-ring (bicyclic) bond motifs is 1. The summed E-state index contributed by atoms with van der Waals surface area (Å²) in [4.78, 5) is 44.6. The number of imidazole rings is 1. The number of aromatic nitrogens is 2. The molecule has 0 radical (unpaired) electrons. The average Bonchev–Trinajstić information content (AvgIpc) is 3.58. The Bertz CT molecular complexity index is 1240. The molecule has 9 heteroatoms. The zero-order valence-electron chi connectivity index (χ0n) is 18.3. The van der Waals surface area contributed by atoms with Crippen LogP contribution >= 0.6 is 15.9 Å². The van der Waals surface area contributed by atoms with Gasteiger partial charge in [-0.2, -0.15) is 0 Å². The molecular formula is C25H23BrN4O4. The first-order valence-electron chi connectivity index (χ1n) is 11.0. The van der Waals surface area contributed by atoms with Gasteiger partial charge in [0.15, 0.2) is 5.78 Å². The van der Waals surface area contributed by atoms with E-state index >= 15 is 0 Å². The van der Waals surface area contributed by atoms with Gasteiger partial charge in [0.25, 0.3) is 0 Å². The van der Waals surface area contributed by atoms with Gasteiger partial charge in [0.05, 0.1) is 18.3 Å². The Labute approximate surface area is 204 Å². The van der Waals surface area contributed by atoms with Crippen LogP contribution in [0.4, 0.5) is 0 Å². The van der Waals surface area contributed by atoms with Gasteiger partial charge in [-0.05, 0) is 54.3 Å². The molecule has 3 aromatic rings. The number of halogens is 1. The van der Waals surface area contributed by atoms with Crippen LogP contribution in [0.2, 0.25) is 0 Å². The van der Waals surface area contributed by atoms with Crippen LogP contribution in [0.15, 0.2) is 65.7 Å². The number of primary amides is 1. The summed E-state index contributed by atoms with van der Waals surface area (Å²) in [5.74, 6) is -1.61. The number of benzene rings is 2. The van der Waals surface area contributed by atoms with E-state index in [1.54, 1.807) is 40.3 Å². The van der Waals surface area contributed by atoms with Gasteiger partial charge in [-0.15, -0.1) is 0 Å². The summed E-state index contributed by atoms with van der Waals surface area (Å²) in [5, 5.41) is 0. The first-order chi connectivity index (χ1) is 16.4. The lowest BCUT2D eigenvalue weighted by atomic mass is 9.86. The molecule has 1 aromatic heterocycles. The second-order valence-corrected chi connectivity index (χ2v) is 9.49. The summed E-state index contributed by atoms with van der Waals surface area (Å²) in [7, 11) is 0. The number of Topliss-reactive ketones (excluding diaryl/α,β-unsaturated/α-hetero) is 1. The summed E-state index contributed by atoms with van der Waals surface area (Å²) in [6.45, 7) is 0.461. The van der Waals surface area contributed by atoms with Crippen LogP contribution in [0.5, 0.6) is 0 Å². The number of carbonyl (C=O) groups is 3. The maximum Gasteiger partial charge on any atom is 0.249 e. The van der Waals surface area contributed by atoms with Crippen LogP contribution in [0.25, 0.3) is 5.69 Å². The summed E-state index contributed by atoms with van der Waals surface area (Å²) in [5.41, 5.74) is 8.22. The van der Waals surface area contributed by atoms with Crippen LogP contribution in [0.1, 0.15) is 33.8 Å². The number of rotatable bonds is 6. The first kappa shape index (κ1) is 22.5. The predicted molar refractivity (Wildman–Crippen MR) is 128 cm³/mol. The highest BCUT2D eigenvalue weighted by Gasteiger charge is 2.48. The van der Waals surface area contributed by atoms with Crippen molar-refractivity contribution in [1.82, 2.24) is 14.5 Å². The number of nitrogens with zero attached hydrogens (tertiary/aromatic N) is 3. The van der Waals surface area contributed by atoms with Crippen molar-refractivity contribution in [1.29, 1.82) is 0 Å². The summed E-state index contributed by atoms with van der Waals surface area (Å²) >= 11 is 3.44. The van der Waals surface area contributed by atoms with Gasteiger partial charge in [-0.25, -0.2) is 4.98 Å². The monoisotopic (exact) mass is 522 g/mol. The molecule has 3 atom stereocenters. The van der Waals surface area contributed by atoms with E-state index in [0.29, 0.717) is 24.9 Å². The lowest BCUT2D eigenvalue weighted by Crippen LogP contribution is -2.44. The highest BCUT2D eigenvalue weighted by molar-refractivity contribution is 9.10. The topological polar surface area (TPSA) is 108 Å². The van der Waals surface area contributed by atoms with E-state index in [1.165, 1.54) is 0 Å². The number of ether oxygens (including phenoxy) is 1. The van der Waals surface area contributed by atoms with E-state index in [0.717, 1.165) is 15.7 Å². The molecule has 0 bridgehead atoms. The number of nitrogens with two attached hydrogens (primary N) is 1. The summed E-state index contributed by atoms with van der Waals surface area (Å²) in [6, 6.07) is 12.3. The molecule has 3 heterocycles. The predicted octanol–water partition coefficient (Wildman–Crippen LogP) is 2.63. The van der Waals surface area contributed by atoms with E-state index in [1.807, 2.05) is 30.3 Å². The number of hydrogen-bond acceptors (Lipinski definition) is 5. The molecule has 2 aliphatic rings. The molecule has 2 amide bonds. The van der Waals surface area contributed by atoms with Crippen LogP contribution in [0.3, 0.4) is 0 Å². The van der Waals surface area contributed by atoms with Gasteiger partial charge in [-0.3, -0.25) is 14.4 Å². The molecule has 5 rings (SSSR count). The van der Waals surface area contributed by atoms with Gasteiger partial charge in [0.2, 0.25) is 11.8 Å². The van der Waals surface area contributed by atoms with Crippen molar-refractivity contribution >= 4 is 33.5 Å². The van der Waals surface area contributed by atoms with Crippen LogP contribution < -0.4 is 5.73 Å². The Morgan fingerprint density at radius 1 is 1.21 bits per heavy atom. The molecule has 2 aliphatic heterocycles. The van der Waals surface area contributed by atoms with Crippen molar-refractivity contribution in [3.8, 4) is 5.69 Å². The fourth-order valence-electron chi connectivity index (χ4n) is 4.86. The molecule has 0 saturated carbocycles. The minimum Gasteiger partial charge on any atom is -0.368 e. The fraction of sp³-hybridized carbons (Fsp3) is 0.280. The van der Waals surface area contributed by atoms with E-state index < -0.39 is 17.9 Å². The van der Waals surface area contributed by atoms with Crippen molar-refractivity contribution in [2.24, 2.45) is 5.73 Å². The Morgan fingerprint density at radius 3 is 2.71 bits per heavy atom. The number of likely N-dealkylation sites (tertiary alicyclic amines) is 1. The van der Waals surface area contributed by atoms with Crippen molar-refractivity contribution in [2.45, 2.75) is 30.9 Å². The molecule has 2 saturated heterocycles. The third-order valence-corrected chi connectivity index (χ3v) is 7.05. The maximum atomic E-state index is 14.0. The number of hydrogen-bond donors (Lipinski definition) is 1. The number of amides is 2. The van der Waals surface area contributed by atoms with Gasteiger partial charge < -0.3 is 19.9 Å². The second-order valence-electron chi connectivity index (χ2n) is 8.57. The SMILES string of the molecule is NC(=O)c1ccc(-n2ccnc2)cc1C(Cc1ccc(Br)cc1)C(=O)N1CCC2OCC(=O)C21. The lowest BCUT2D eigenvalue weighted by Gasteiger charge is -2.28. The Hall–Kier alpha value is -3.30. The molecule has 174 valence electrons. The van der Waals surface area contributed by atoms with Crippen molar-refractivity contribution < 1.29 is 19.1 Å². The number of ketones is 1. The third-order valence-electron chi connectivity index (χ3n) is 6.52. The summed E-state index contributed by atoms with van der Waals surface area (Å²) in [6.07, 6.45) is 5.79. The quantitative estimate of drug-likeness (QED) is 0.535. The molecule has 34 heavy (non-hydrogen) atoms. The first-order valence-corrected chi connectivity index (χ1v) is 11.8. The third kappa shape index (κ3) is 4.17. The smallest absolute Gasteiger partial charge is 0.249 e. The molecule has 2 fully saturated rings. The standard InChI is InChI=1S/C25H23BrN4O4/c26-16-3-1-15(2-4-16)11-20(25(33)30-9-7-22-23(30)21(31)13-34-22)19-12-17(29-10-8-28-14-29)5-6-18(19)24(27)32/h1-6,8,10,12,14,20,22-23H,7,9,11,13H2,(H2,27,32). The maximum absolute atomic E-state index is 14.0. The van der Waals surface area contributed by atoms with Gasteiger partial charge in [0.1, 0.15) is 12.6 Å². The van der Waals surface area contributed by atoms with Gasteiger partial charge in [-0.1, -0.05) is 28.1 Å².